The van der Waals surface area contributed by atoms with Gasteiger partial charge in [-0.15, -0.1) is 0 Å². The second kappa shape index (κ2) is 5.76. The summed E-state index contributed by atoms with van der Waals surface area (Å²) in [6.45, 7) is 2.61. The number of rotatable bonds is 2. The van der Waals surface area contributed by atoms with Crippen LogP contribution >= 0.6 is 0 Å². The molecule has 13 heteroatoms. The van der Waals surface area contributed by atoms with Gasteiger partial charge in [-0.25, -0.2) is 4.79 Å². The van der Waals surface area contributed by atoms with Crippen LogP contribution in [0.2, 0.25) is 0 Å². The third kappa shape index (κ3) is 3.71. The van der Waals surface area contributed by atoms with Crippen molar-refractivity contribution in [3.63, 3.8) is 0 Å². The Labute approximate surface area is 134 Å². The summed E-state index contributed by atoms with van der Waals surface area (Å²) in [6, 6.07) is 0. The van der Waals surface area contributed by atoms with Crippen molar-refractivity contribution in [1.29, 1.82) is 0 Å². The average Bonchev–Trinajstić information content (AvgIpc) is 2.33. The second-order valence-electron chi connectivity index (χ2n) is 5.58. The minimum absolute atomic E-state index is 0.120. The maximum atomic E-state index is 13.3. The summed E-state index contributed by atoms with van der Waals surface area (Å²) in [5.41, 5.74) is -8.43. The number of halogens is 9. The maximum Gasteiger partial charge on any atom is 0.443 e. The highest BCUT2D eigenvalue weighted by molar-refractivity contribution is 5.81. The normalized spacial score (nSPS) is 34.5. The molecule has 0 amide bonds. The molecule has 1 heterocycles. The Morgan fingerprint density at radius 3 is 1.84 bits per heavy atom. The van der Waals surface area contributed by atoms with E-state index in [1.807, 2.05) is 0 Å². The summed E-state index contributed by atoms with van der Waals surface area (Å²) in [5, 5.41) is 9.43. The van der Waals surface area contributed by atoms with Crippen LogP contribution in [0.15, 0.2) is 12.7 Å². The second-order valence-corrected chi connectivity index (χ2v) is 5.58. The van der Waals surface area contributed by atoms with Crippen molar-refractivity contribution in [2.24, 2.45) is 0 Å². The van der Waals surface area contributed by atoms with Crippen LogP contribution in [0, 0.1) is 0 Å². The van der Waals surface area contributed by atoms with Crippen molar-refractivity contribution >= 4 is 5.97 Å². The highest BCUT2D eigenvalue weighted by Crippen LogP contribution is 2.57. The fourth-order valence-corrected chi connectivity index (χ4v) is 2.32. The van der Waals surface area contributed by atoms with Gasteiger partial charge < -0.3 is 14.6 Å². The monoisotopic (exact) mass is 390 g/mol. The van der Waals surface area contributed by atoms with Crippen LogP contribution in [-0.2, 0) is 14.3 Å². The molecule has 1 fully saturated rings. The van der Waals surface area contributed by atoms with Crippen LogP contribution in [0.25, 0.3) is 0 Å². The van der Waals surface area contributed by atoms with Crippen LogP contribution in [0.3, 0.4) is 0 Å². The number of hydrogen-bond acceptors (Lipinski definition) is 4. The molecule has 0 aliphatic carbocycles. The summed E-state index contributed by atoms with van der Waals surface area (Å²) in [4.78, 5) is 11.1. The van der Waals surface area contributed by atoms with Gasteiger partial charge in [-0.3, -0.25) is 0 Å². The molecule has 1 N–H and O–H groups in total. The van der Waals surface area contributed by atoms with E-state index >= 15 is 0 Å². The van der Waals surface area contributed by atoms with Gasteiger partial charge in [0.15, 0.2) is 5.60 Å². The zero-order valence-corrected chi connectivity index (χ0v) is 12.3. The first-order valence-corrected chi connectivity index (χ1v) is 6.31. The molecular weight excluding hydrogens is 379 g/mol. The highest BCUT2D eigenvalue weighted by Gasteiger charge is 2.77. The van der Waals surface area contributed by atoms with E-state index < -0.39 is 54.3 Å². The topological polar surface area (TPSA) is 55.8 Å². The minimum atomic E-state index is -6.04. The van der Waals surface area contributed by atoms with Crippen molar-refractivity contribution in [2.75, 3.05) is 0 Å². The van der Waals surface area contributed by atoms with Crippen LogP contribution in [-0.4, -0.2) is 46.6 Å². The number of carbonyl (C=O) groups is 1. The van der Waals surface area contributed by atoms with E-state index in [-0.39, 0.29) is 13.0 Å². The summed E-state index contributed by atoms with van der Waals surface area (Å²) >= 11 is 0. The van der Waals surface area contributed by atoms with E-state index in [9.17, 15) is 49.4 Å². The van der Waals surface area contributed by atoms with Crippen molar-refractivity contribution in [2.45, 2.75) is 55.3 Å². The molecule has 0 bridgehead atoms. The number of alkyl halides is 9. The number of hydrogen-bond donors (Lipinski definition) is 1. The van der Waals surface area contributed by atoms with Crippen LogP contribution in [0.1, 0.15) is 19.8 Å². The van der Waals surface area contributed by atoms with Crippen molar-refractivity contribution in [3.8, 4) is 0 Å². The lowest BCUT2D eigenvalue weighted by molar-refractivity contribution is -0.469. The molecule has 0 saturated carbocycles. The molecule has 0 aromatic carbocycles. The van der Waals surface area contributed by atoms with Crippen molar-refractivity contribution in [3.05, 3.63) is 12.7 Å². The Hall–Kier alpha value is -1.50. The van der Waals surface area contributed by atoms with Crippen LogP contribution in [0.5, 0.6) is 0 Å². The van der Waals surface area contributed by atoms with Gasteiger partial charge in [-0.2, -0.15) is 39.5 Å². The van der Waals surface area contributed by atoms with Gasteiger partial charge in [0.05, 0.1) is 6.42 Å². The van der Waals surface area contributed by atoms with Gasteiger partial charge in [-0.1, -0.05) is 6.58 Å². The Bertz CT molecular complexity index is 522. The minimum Gasteiger partial charge on any atom is -0.446 e. The molecule has 1 aliphatic rings. The highest BCUT2D eigenvalue weighted by atomic mass is 19.4. The molecule has 3 atom stereocenters. The quantitative estimate of drug-likeness (QED) is 0.446. The van der Waals surface area contributed by atoms with Crippen molar-refractivity contribution in [1.82, 2.24) is 0 Å². The summed E-state index contributed by atoms with van der Waals surface area (Å²) < 4.78 is 126. The predicted molar refractivity (Wildman–Crippen MR) is 60.9 cm³/mol. The van der Waals surface area contributed by atoms with E-state index in [0.29, 0.717) is 0 Å². The molecular formula is C12H11F9O4. The standard InChI is InChI=1S/C12H11F9O4/c1-3-6(22)24-8(11(16,17)18)4-7(2,10(13,14)15)25-9(23,5-8)12(19,20)21/h3,23H,1,4-5H2,2H3. The fraction of sp³-hybridized carbons (Fsp3) is 0.750. The van der Waals surface area contributed by atoms with Gasteiger partial charge in [0.2, 0.25) is 5.60 Å². The van der Waals surface area contributed by atoms with Crippen LogP contribution in [0.4, 0.5) is 39.5 Å². The maximum absolute atomic E-state index is 13.3. The molecule has 0 radical (unpaired) electrons. The molecule has 146 valence electrons. The van der Waals surface area contributed by atoms with Crippen molar-refractivity contribution < 1.29 is 58.9 Å². The molecule has 25 heavy (non-hydrogen) atoms. The van der Waals surface area contributed by atoms with Gasteiger partial charge in [0, 0.05) is 12.5 Å². The largest absolute Gasteiger partial charge is 0.446 e. The summed E-state index contributed by atoms with van der Waals surface area (Å²) in [6.07, 6.45) is -22.3. The Morgan fingerprint density at radius 2 is 1.52 bits per heavy atom. The van der Waals surface area contributed by atoms with E-state index in [2.05, 4.69) is 16.1 Å². The number of ether oxygens (including phenoxy) is 2. The molecule has 1 saturated heterocycles. The molecule has 0 aromatic heterocycles. The Morgan fingerprint density at radius 1 is 1.04 bits per heavy atom. The number of esters is 1. The van der Waals surface area contributed by atoms with E-state index in [1.54, 1.807) is 0 Å². The first-order valence-electron chi connectivity index (χ1n) is 6.31. The molecule has 0 spiro atoms. The summed E-state index contributed by atoms with van der Waals surface area (Å²) in [5.74, 6) is -6.79. The first kappa shape index (κ1) is 21.5. The molecule has 0 aromatic rings. The number of aliphatic hydroxyl groups is 1. The molecule has 3 unspecified atom stereocenters. The zero-order valence-electron chi connectivity index (χ0n) is 12.3. The number of carbonyl (C=O) groups excluding carboxylic acids is 1. The predicted octanol–water partition coefficient (Wildman–Crippen LogP) is 3.40. The molecule has 1 rings (SSSR count). The Kier molecular flexibility index (Phi) is 4.96. The van der Waals surface area contributed by atoms with E-state index in [0.717, 1.165) is 0 Å². The van der Waals surface area contributed by atoms with Gasteiger partial charge in [0.1, 0.15) is 0 Å². The third-order valence-corrected chi connectivity index (χ3v) is 3.56. The average molecular weight is 390 g/mol. The first-order chi connectivity index (χ1) is 10.8. The molecule has 1 aliphatic heterocycles. The lowest BCUT2D eigenvalue weighted by Crippen LogP contribution is -2.71. The van der Waals surface area contributed by atoms with Gasteiger partial charge in [-0.05, 0) is 6.92 Å². The lowest BCUT2D eigenvalue weighted by Gasteiger charge is -2.52. The lowest BCUT2D eigenvalue weighted by atomic mass is 9.77. The van der Waals surface area contributed by atoms with Gasteiger partial charge >= 0.3 is 24.5 Å². The smallest absolute Gasteiger partial charge is 0.443 e. The molecule has 4 nitrogen and oxygen atoms in total. The SMILES string of the molecule is C=CC(=O)OC1(C(F)(F)F)CC(C)(C(F)(F)F)OC(O)(C(F)(F)F)C1. The Balaban J connectivity index is 3.65. The van der Waals surface area contributed by atoms with Gasteiger partial charge in [0.25, 0.3) is 5.79 Å². The fourth-order valence-electron chi connectivity index (χ4n) is 2.32. The van der Waals surface area contributed by atoms with E-state index in [4.69, 9.17) is 0 Å². The third-order valence-electron chi connectivity index (χ3n) is 3.56. The van der Waals surface area contributed by atoms with E-state index in [1.165, 1.54) is 0 Å². The zero-order chi connectivity index (χ0) is 20.1. The van der Waals surface area contributed by atoms with Crippen LogP contribution < -0.4 is 0 Å². The summed E-state index contributed by atoms with van der Waals surface area (Å²) in [7, 11) is 0.